The van der Waals surface area contributed by atoms with Gasteiger partial charge in [0, 0.05) is 68.1 Å². The van der Waals surface area contributed by atoms with E-state index in [4.69, 9.17) is 0 Å². The molecule has 11 heteroatoms. The molecule has 1 aliphatic carbocycles. The molecule has 4 aromatic rings. The smallest absolute Gasteiger partial charge is 0.274 e. The highest BCUT2D eigenvalue weighted by atomic mass is 19.3. The molecular weight excluding hydrogens is 590 g/mol. The van der Waals surface area contributed by atoms with Crippen LogP contribution < -0.4 is 15.8 Å². The number of alkyl halides is 2. The van der Waals surface area contributed by atoms with Crippen molar-refractivity contribution in [3.8, 4) is 11.1 Å². The highest BCUT2D eigenvalue weighted by Crippen LogP contribution is 2.36. The minimum Gasteiger partial charge on any atom is -0.392 e. The van der Waals surface area contributed by atoms with Gasteiger partial charge in [-0.3, -0.25) is 14.5 Å². The molecule has 3 aliphatic rings. The third-order valence-electron chi connectivity index (χ3n) is 9.87. The molecule has 1 aromatic carbocycles. The summed E-state index contributed by atoms with van der Waals surface area (Å²) in [5.41, 5.74) is 8.73. The number of nitrogens with one attached hydrogen (secondary N) is 1. The quantitative estimate of drug-likeness (QED) is 0.287. The zero-order valence-electron chi connectivity index (χ0n) is 26.6. The summed E-state index contributed by atoms with van der Waals surface area (Å²) in [4.78, 5) is 30.7. The molecule has 0 spiro atoms. The predicted molar refractivity (Wildman–Crippen MR) is 174 cm³/mol. The van der Waals surface area contributed by atoms with E-state index in [9.17, 15) is 23.5 Å². The number of aryl methyl sites for hydroxylation is 2. The number of aliphatic hydroxyl groups excluding tert-OH is 1. The van der Waals surface area contributed by atoms with Crippen LogP contribution in [0, 0.1) is 0 Å². The fourth-order valence-corrected chi connectivity index (χ4v) is 7.56. The van der Waals surface area contributed by atoms with E-state index in [-0.39, 0.29) is 31.2 Å². The average molecular weight is 631 g/mol. The molecule has 9 nitrogen and oxygen atoms in total. The van der Waals surface area contributed by atoms with Gasteiger partial charge in [-0.05, 0) is 67.5 Å². The summed E-state index contributed by atoms with van der Waals surface area (Å²) in [5, 5.41) is 14.0. The Labute approximate surface area is 266 Å². The Hall–Kier alpha value is -4.22. The van der Waals surface area contributed by atoms with Gasteiger partial charge in [0.2, 0.25) is 0 Å². The van der Waals surface area contributed by atoms with E-state index < -0.39 is 5.92 Å². The Morgan fingerprint density at radius 1 is 1.00 bits per heavy atom. The molecule has 0 atom stereocenters. The number of fused-ring (bicyclic) bond motifs is 3. The second-order valence-corrected chi connectivity index (χ2v) is 12.9. The van der Waals surface area contributed by atoms with Crippen LogP contribution in [0.1, 0.15) is 58.5 Å². The summed E-state index contributed by atoms with van der Waals surface area (Å²) in [6, 6.07) is 11.4. The van der Waals surface area contributed by atoms with Gasteiger partial charge in [0.15, 0.2) is 0 Å². The number of amides is 1. The Morgan fingerprint density at radius 2 is 1.78 bits per heavy atom. The van der Waals surface area contributed by atoms with Crippen molar-refractivity contribution in [1.82, 2.24) is 18.6 Å². The second kappa shape index (κ2) is 11.5. The number of hydrogen-bond donors (Lipinski definition) is 2. The Morgan fingerprint density at radius 3 is 2.52 bits per heavy atom. The lowest BCUT2D eigenvalue weighted by atomic mass is 9.98. The topological polar surface area (TPSA) is 87.7 Å². The van der Waals surface area contributed by atoms with Crippen LogP contribution in [0.4, 0.5) is 25.8 Å². The van der Waals surface area contributed by atoms with Gasteiger partial charge in [0.1, 0.15) is 11.4 Å². The zero-order chi connectivity index (χ0) is 32.3. The van der Waals surface area contributed by atoms with Crippen LogP contribution in [0.5, 0.6) is 0 Å². The van der Waals surface area contributed by atoms with Crippen molar-refractivity contribution in [2.45, 2.75) is 64.6 Å². The van der Waals surface area contributed by atoms with Crippen molar-refractivity contribution in [1.29, 1.82) is 0 Å². The Kier molecular flexibility index (Phi) is 7.64. The largest absolute Gasteiger partial charge is 0.392 e. The monoisotopic (exact) mass is 630 g/mol. The number of halogens is 2. The maximum atomic E-state index is 13.8. The van der Waals surface area contributed by atoms with E-state index in [0.29, 0.717) is 48.7 Å². The van der Waals surface area contributed by atoms with Crippen molar-refractivity contribution in [3.63, 3.8) is 0 Å². The summed E-state index contributed by atoms with van der Waals surface area (Å²) < 4.78 is 32.6. The van der Waals surface area contributed by atoms with Crippen LogP contribution in [-0.4, -0.2) is 55.2 Å². The zero-order valence-corrected chi connectivity index (χ0v) is 26.6. The molecule has 1 fully saturated rings. The lowest BCUT2D eigenvalue weighted by Gasteiger charge is -2.38. The Bertz CT molecular complexity index is 1900. The molecular formula is C35H40F2N6O3. The maximum absolute atomic E-state index is 13.8. The van der Waals surface area contributed by atoms with Crippen LogP contribution in [0.25, 0.3) is 11.1 Å². The number of hydrogen-bond acceptors (Lipinski definition) is 5. The molecule has 0 bridgehead atoms. The number of pyridine rings is 1. The van der Waals surface area contributed by atoms with E-state index in [2.05, 4.69) is 16.0 Å². The molecule has 1 amide bonds. The van der Waals surface area contributed by atoms with Crippen molar-refractivity contribution >= 4 is 23.0 Å². The number of aliphatic hydroxyl groups is 1. The standard InChI is InChI=1S/C35H40F2N6O3/c1-4-29-27(16-24(40(29)3)18-41-20-35(36,37)21-41)38-28-14-23(17-39(2)33(28)45)25-9-7-11-31(26(25)19-44)43-13-12-42-30-10-6-5-8-22(30)15-32(42)34(43)46/h7,9,11,14-17,38,44H,4-6,8,10,12-13,18-21H2,1-3H3. The Balaban J connectivity index is 1.21. The first-order valence-corrected chi connectivity index (χ1v) is 16.1. The molecule has 0 radical (unpaired) electrons. The molecule has 242 valence electrons. The SMILES string of the molecule is CCc1c(Nc2cc(-c3cccc(N4CCn5c(cc6c5CCCC6)C4=O)c3CO)cn(C)c2=O)cc(CN2CC(F)(F)C2)n1C. The van der Waals surface area contributed by atoms with Crippen molar-refractivity contribution in [3.05, 3.63) is 86.9 Å². The number of carbonyl (C=O) groups excluding carboxylic acids is 1. The molecule has 2 N–H and O–H groups in total. The van der Waals surface area contributed by atoms with Crippen LogP contribution in [0.15, 0.2) is 47.4 Å². The van der Waals surface area contributed by atoms with E-state index in [1.807, 2.05) is 42.8 Å². The van der Waals surface area contributed by atoms with Gasteiger partial charge in [-0.2, -0.15) is 0 Å². The van der Waals surface area contributed by atoms with Gasteiger partial charge in [-0.15, -0.1) is 0 Å². The van der Waals surface area contributed by atoms with E-state index in [1.54, 1.807) is 29.1 Å². The fraction of sp³-hybridized carbons (Fsp3) is 0.429. The van der Waals surface area contributed by atoms with E-state index in [0.717, 1.165) is 53.9 Å². The molecule has 0 unspecified atom stereocenters. The highest BCUT2D eigenvalue weighted by molar-refractivity contribution is 6.07. The summed E-state index contributed by atoms with van der Waals surface area (Å²) in [5.74, 6) is -2.70. The van der Waals surface area contributed by atoms with Crippen molar-refractivity contribution in [2.24, 2.45) is 14.1 Å². The van der Waals surface area contributed by atoms with Gasteiger partial charge in [-0.1, -0.05) is 19.1 Å². The minimum atomic E-state index is -2.64. The minimum absolute atomic E-state index is 0.0655. The summed E-state index contributed by atoms with van der Waals surface area (Å²) in [6.07, 6.45) is 6.72. The van der Waals surface area contributed by atoms with Crippen LogP contribution in [0.2, 0.25) is 0 Å². The first-order chi connectivity index (χ1) is 22.1. The molecule has 3 aromatic heterocycles. The van der Waals surface area contributed by atoms with Crippen molar-refractivity contribution in [2.75, 3.05) is 29.9 Å². The highest BCUT2D eigenvalue weighted by Gasteiger charge is 2.43. The number of likely N-dealkylation sites (tertiary alicyclic amines) is 1. The van der Waals surface area contributed by atoms with Gasteiger partial charge in [-0.25, -0.2) is 8.78 Å². The van der Waals surface area contributed by atoms with Crippen LogP contribution in [-0.2, 0) is 53.1 Å². The molecule has 1 saturated heterocycles. The van der Waals surface area contributed by atoms with Crippen LogP contribution >= 0.6 is 0 Å². The lowest BCUT2D eigenvalue weighted by Crippen LogP contribution is -2.55. The second-order valence-electron chi connectivity index (χ2n) is 12.9. The summed E-state index contributed by atoms with van der Waals surface area (Å²) >= 11 is 0. The number of rotatable bonds is 8. The van der Waals surface area contributed by atoms with Gasteiger partial charge >= 0.3 is 0 Å². The fourth-order valence-electron chi connectivity index (χ4n) is 7.56. The summed E-state index contributed by atoms with van der Waals surface area (Å²) in [7, 11) is 3.60. The molecule has 5 heterocycles. The normalized spacial score (nSPS) is 17.5. The van der Waals surface area contributed by atoms with Crippen LogP contribution in [0.3, 0.4) is 0 Å². The van der Waals surface area contributed by atoms with Gasteiger partial charge < -0.3 is 29.0 Å². The first kappa shape index (κ1) is 30.4. The van der Waals surface area contributed by atoms with E-state index in [1.165, 1.54) is 15.8 Å². The van der Waals surface area contributed by atoms with Crippen molar-refractivity contribution < 1.29 is 18.7 Å². The lowest BCUT2D eigenvalue weighted by molar-refractivity contribution is -0.134. The molecule has 0 saturated carbocycles. The number of carbonyl (C=O) groups is 1. The van der Waals surface area contributed by atoms with Gasteiger partial charge in [0.05, 0.1) is 31.1 Å². The molecule has 46 heavy (non-hydrogen) atoms. The first-order valence-electron chi connectivity index (χ1n) is 16.1. The number of anilines is 3. The maximum Gasteiger partial charge on any atom is 0.274 e. The van der Waals surface area contributed by atoms with Gasteiger partial charge in [0.25, 0.3) is 17.4 Å². The van der Waals surface area contributed by atoms with E-state index >= 15 is 0 Å². The predicted octanol–water partition coefficient (Wildman–Crippen LogP) is 4.98. The number of benzene rings is 1. The summed E-state index contributed by atoms with van der Waals surface area (Å²) in [6.45, 7) is 2.84. The average Bonchev–Trinajstić information content (AvgIpc) is 3.55. The third kappa shape index (κ3) is 5.15. The molecule has 2 aliphatic heterocycles. The third-order valence-corrected chi connectivity index (χ3v) is 9.87. The number of nitrogens with zero attached hydrogens (tertiary/aromatic N) is 5. The molecule has 7 rings (SSSR count). The number of aromatic nitrogens is 3.